The molecule has 2 heteroatoms. The molecule has 1 rings (SSSR count). The van der Waals surface area contributed by atoms with Crippen LogP contribution in [0.5, 0.6) is 0 Å². The Bertz CT molecular complexity index is 141. The van der Waals surface area contributed by atoms with E-state index in [0.29, 0.717) is 0 Å². The molecule has 0 N–H and O–H groups in total. The first-order valence-electron chi connectivity index (χ1n) is 5.98. The molecular weight excluding hydrogens is 176 g/mol. The smallest absolute Gasteiger partial charge is 0.112 e. The first kappa shape index (κ1) is 12.0. The van der Waals surface area contributed by atoms with Crippen molar-refractivity contribution in [1.29, 1.82) is 0 Å². The molecule has 1 saturated heterocycles. The predicted octanol–water partition coefficient (Wildman–Crippen LogP) is 3.15. The summed E-state index contributed by atoms with van der Waals surface area (Å²) in [7, 11) is 0. The lowest BCUT2D eigenvalue weighted by Crippen LogP contribution is -2.14. The van der Waals surface area contributed by atoms with Gasteiger partial charge in [-0.05, 0) is 13.3 Å². The van der Waals surface area contributed by atoms with Crippen LogP contribution >= 0.6 is 0 Å². The Morgan fingerprint density at radius 3 is 2.43 bits per heavy atom. The molecule has 1 fully saturated rings. The van der Waals surface area contributed by atoms with Gasteiger partial charge in [-0.2, -0.15) is 0 Å². The van der Waals surface area contributed by atoms with Crippen LogP contribution in [0.15, 0.2) is 0 Å². The summed E-state index contributed by atoms with van der Waals surface area (Å²) in [5.74, 6) is 0. The van der Waals surface area contributed by atoms with Gasteiger partial charge in [0.25, 0.3) is 0 Å². The molecule has 0 spiro atoms. The van der Waals surface area contributed by atoms with E-state index < -0.39 is 0 Å². The number of hydrogen-bond donors (Lipinski definition) is 0. The second-order valence-corrected chi connectivity index (χ2v) is 4.56. The van der Waals surface area contributed by atoms with E-state index in [-0.39, 0.29) is 5.60 Å². The zero-order valence-corrected chi connectivity index (χ0v) is 9.68. The number of rotatable bonds is 9. The maximum Gasteiger partial charge on any atom is 0.112 e. The highest BCUT2D eigenvalue weighted by Gasteiger charge is 2.39. The van der Waals surface area contributed by atoms with Gasteiger partial charge < -0.3 is 9.47 Å². The molecule has 0 bridgehead atoms. The summed E-state index contributed by atoms with van der Waals surface area (Å²) >= 11 is 0. The maximum absolute atomic E-state index is 5.54. The summed E-state index contributed by atoms with van der Waals surface area (Å²) in [6.07, 6.45) is 7.98. The van der Waals surface area contributed by atoms with E-state index in [9.17, 15) is 0 Å². The minimum absolute atomic E-state index is 0.0716. The molecule has 1 unspecified atom stereocenters. The highest BCUT2D eigenvalue weighted by molar-refractivity contribution is 4.86. The van der Waals surface area contributed by atoms with Crippen molar-refractivity contribution in [3.63, 3.8) is 0 Å². The lowest BCUT2D eigenvalue weighted by Gasteiger charge is -2.06. The van der Waals surface area contributed by atoms with E-state index in [1.807, 2.05) is 0 Å². The van der Waals surface area contributed by atoms with Crippen molar-refractivity contribution >= 4 is 0 Å². The van der Waals surface area contributed by atoms with Gasteiger partial charge in [0.05, 0.1) is 13.2 Å². The van der Waals surface area contributed by atoms with Crippen LogP contribution in [0.2, 0.25) is 0 Å². The molecule has 0 radical (unpaired) electrons. The zero-order chi connectivity index (χ0) is 10.3. The van der Waals surface area contributed by atoms with E-state index >= 15 is 0 Å². The Morgan fingerprint density at radius 1 is 1.14 bits per heavy atom. The monoisotopic (exact) mass is 200 g/mol. The molecule has 1 atom stereocenters. The van der Waals surface area contributed by atoms with Gasteiger partial charge >= 0.3 is 0 Å². The van der Waals surface area contributed by atoms with Crippen LogP contribution in [-0.4, -0.2) is 25.4 Å². The van der Waals surface area contributed by atoms with Crippen LogP contribution in [-0.2, 0) is 9.47 Å². The topological polar surface area (TPSA) is 21.8 Å². The van der Waals surface area contributed by atoms with Crippen molar-refractivity contribution in [2.24, 2.45) is 0 Å². The van der Waals surface area contributed by atoms with Gasteiger partial charge in [0.15, 0.2) is 0 Å². The largest absolute Gasteiger partial charge is 0.378 e. The fourth-order valence-electron chi connectivity index (χ4n) is 1.48. The fraction of sp³-hybridized carbons (Fsp3) is 1.00. The van der Waals surface area contributed by atoms with Gasteiger partial charge in [-0.1, -0.05) is 39.0 Å². The predicted molar refractivity (Wildman–Crippen MR) is 58.6 cm³/mol. The second kappa shape index (κ2) is 6.41. The summed E-state index contributed by atoms with van der Waals surface area (Å²) in [4.78, 5) is 0. The van der Waals surface area contributed by atoms with Crippen LogP contribution in [0.1, 0.15) is 52.4 Å². The van der Waals surface area contributed by atoms with Crippen LogP contribution in [0, 0.1) is 0 Å². The lowest BCUT2D eigenvalue weighted by molar-refractivity contribution is 0.0825. The van der Waals surface area contributed by atoms with Crippen LogP contribution in [0.4, 0.5) is 0 Å². The van der Waals surface area contributed by atoms with E-state index in [4.69, 9.17) is 9.47 Å². The third-order valence-electron chi connectivity index (χ3n) is 2.69. The molecule has 1 aliphatic rings. The summed E-state index contributed by atoms with van der Waals surface area (Å²) in [5, 5.41) is 0. The van der Waals surface area contributed by atoms with Gasteiger partial charge in [0, 0.05) is 6.61 Å². The standard InChI is InChI=1S/C12H24O2/c1-3-4-5-6-7-8-9-13-10-12(2)11-14-12/h3-11H2,1-2H3. The van der Waals surface area contributed by atoms with Crippen molar-refractivity contribution < 1.29 is 9.47 Å². The Labute approximate surface area is 88.0 Å². The SMILES string of the molecule is CCCCCCCCOCC1(C)CO1. The van der Waals surface area contributed by atoms with Gasteiger partial charge in [-0.3, -0.25) is 0 Å². The first-order valence-corrected chi connectivity index (χ1v) is 5.98. The van der Waals surface area contributed by atoms with Gasteiger partial charge in [-0.25, -0.2) is 0 Å². The first-order chi connectivity index (χ1) is 6.77. The summed E-state index contributed by atoms with van der Waals surface area (Å²) in [6.45, 7) is 6.92. The Balaban J connectivity index is 1.72. The summed E-state index contributed by atoms with van der Waals surface area (Å²) in [6, 6.07) is 0. The number of hydrogen-bond acceptors (Lipinski definition) is 2. The minimum Gasteiger partial charge on any atom is -0.378 e. The maximum atomic E-state index is 5.54. The highest BCUT2D eigenvalue weighted by Crippen LogP contribution is 2.25. The quantitative estimate of drug-likeness (QED) is 0.421. The average Bonchev–Trinajstić information content (AvgIpc) is 2.89. The Kier molecular flexibility index (Phi) is 5.49. The van der Waals surface area contributed by atoms with Crippen molar-refractivity contribution in [3.8, 4) is 0 Å². The van der Waals surface area contributed by atoms with Crippen LogP contribution < -0.4 is 0 Å². The molecule has 2 nitrogen and oxygen atoms in total. The van der Waals surface area contributed by atoms with Gasteiger partial charge in [0.1, 0.15) is 5.60 Å². The van der Waals surface area contributed by atoms with Crippen molar-refractivity contribution in [2.75, 3.05) is 19.8 Å². The summed E-state index contributed by atoms with van der Waals surface area (Å²) < 4.78 is 10.8. The van der Waals surface area contributed by atoms with Crippen LogP contribution in [0.3, 0.4) is 0 Å². The van der Waals surface area contributed by atoms with Gasteiger partial charge in [-0.15, -0.1) is 0 Å². The van der Waals surface area contributed by atoms with Crippen LogP contribution in [0.25, 0.3) is 0 Å². The molecule has 84 valence electrons. The highest BCUT2D eigenvalue weighted by atomic mass is 16.6. The Hall–Kier alpha value is -0.0800. The van der Waals surface area contributed by atoms with E-state index in [0.717, 1.165) is 19.8 Å². The van der Waals surface area contributed by atoms with Crippen molar-refractivity contribution in [1.82, 2.24) is 0 Å². The van der Waals surface area contributed by atoms with Crippen molar-refractivity contribution in [2.45, 2.75) is 58.0 Å². The molecule has 0 aromatic rings. The normalized spacial score (nSPS) is 25.3. The number of unbranched alkanes of at least 4 members (excludes halogenated alkanes) is 5. The number of ether oxygens (including phenoxy) is 2. The van der Waals surface area contributed by atoms with Gasteiger partial charge in [0.2, 0.25) is 0 Å². The fourth-order valence-corrected chi connectivity index (χ4v) is 1.48. The molecule has 1 aliphatic heterocycles. The summed E-state index contributed by atoms with van der Waals surface area (Å²) in [5.41, 5.74) is 0.0716. The molecule has 14 heavy (non-hydrogen) atoms. The second-order valence-electron chi connectivity index (χ2n) is 4.56. The zero-order valence-electron chi connectivity index (χ0n) is 9.68. The molecule has 1 heterocycles. The number of epoxide rings is 1. The molecule has 0 aromatic carbocycles. The molecular formula is C12H24O2. The molecule has 0 saturated carbocycles. The lowest BCUT2D eigenvalue weighted by atomic mass is 10.1. The van der Waals surface area contributed by atoms with Crippen molar-refractivity contribution in [3.05, 3.63) is 0 Å². The molecule has 0 aliphatic carbocycles. The molecule has 0 amide bonds. The minimum atomic E-state index is 0.0716. The van der Waals surface area contributed by atoms with E-state index in [1.54, 1.807) is 0 Å². The Morgan fingerprint density at radius 2 is 1.79 bits per heavy atom. The molecule has 0 aromatic heterocycles. The van der Waals surface area contributed by atoms with E-state index in [1.165, 1.54) is 38.5 Å². The third kappa shape index (κ3) is 5.61. The van der Waals surface area contributed by atoms with E-state index in [2.05, 4.69) is 13.8 Å². The third-order valence-corrected chi connectivity index (χ3v) is 2.69. The average molecular weight is 200 g/mol.